The fraction of sp³-hybridized carbons (Fsp3) is 0.484. The largest absolute Gasteiger partial charge is 0.493 e. The van der Waals surface area contributed by atoms with Crippen molar-refractivity contribution in [1.82, 2.24) is 4.90 Å². The summed E-state index contributed by atoms with van der Waals surface area (Å²) in [5, 5.41) is 3.44. The summed E-state index contributed by atoms with van der Waals surface area (Å²) in [6.45, 7) is 2.18. The van der Waals surface area contributed by atoms with E-state index in [9.17, 15) is 14.4 Å². The van der Waals surface area contributed by atoms with Gasteiger partial charge < -0.3 is 19.5 Å². The van der Waals surface area contributed by atoms with Gasteiger partial charge in [-0.1, -0.05) is 36.5 Å². The zero-order valence-corrected chi connectivity index (χ0v) is 26.4. The summed E-state index contributed by atoms with van der Waals surface area (Å²) in [4.78, 5) is 42.0. The maximum absolute atomic E-state index is 13.2. The minimum atomic E-state index is -0.403. The Morgan fingerprint density at radius 3 is 2.67 bits per heavy atom. The van der Waals surface area contributed by atoms with Gasteiger partial charge in [-0.15, -0.1) is 11.3 Å². The number of carbonyl (C=O) groups excluding carboxylic acids is 3. The molecular formula is C31H36N2O6S3. The van der Waals surface area contributed by atoms with Gasteiger partial charge in [-0.05, 0) is 87.6 Å². The standard InChI is InChI=1S/C31H36N2O6S3/c1-3-38-30(36)27-21-11-7-8-12-24(21)41-28(27)32-26(34)15-16-33-29(35)25(42-31(33)40)18-19-13-14-22(23(17-19)37-2)39-20-9-5-4-6-10-20/h13-14,17-18,20H,3-12,15-16H2,1-2H3,(H,32,34)/b25-18-. The molecule has 0 atom stereocenters. The quantitative estimate of drug-likeness (QED) is 0.175. The molecule has 2 aromatic rings. The van der Waals surface area contributed by atoms with Crippen LogP contribution < -0.4 is 14.8 Å². The number of nitrogens with one attached hydrogen (secondary N) is 1. The van der Waals surface area contributed by atoms with E-state index in [4.69, 9.17) is 26.4 Å². The number of fused-ring (bicyclic) bond motifs is 1. The van der Waals surface area contributed by atoms with Gasteiger partial charge in [-0.25, -0.2) is 4.79 Å². The molecule has 8 nitrogen and oxygen atoms in total. The van der Waals surface area contributed by atoms with E-state index in [0.717, 1.165) is 54.5 Å². The Labute approximate surface area is 260 Å². The minimum absolute atomic E-state index is 0.0472. The molecule has 1 saturated carbocycles. The van der Waals surface area contributed by atoms with Crippen molar-refractivity contribution in [1.29, 1.82) is 0 Å². The average Bonchev–Trinajstić information content (AvgIpc) is 3.48. The van der Waals surface area contributed by atoms with E-state index in [1.807, 2.05) is 18.2 Å². The number of hydrogen-bond acceptors (Lipinski definition) is 9. The number of esters is 1. The minimum Gasteiger partial charge on any atom is -0.493 e. The lowest BCUT2D eigenvalue weighted by molar-refractivity contribution is -0.122. The number of anilines is 1. The molecule has 0 bridgehead atoms. The van der Waals surface area contributed by atoms with E-state index < -0.39 is 5.97 Å². The monoisotopic (exact) mass is 628 g/mol. The Bertz CT molecular complexity index is 1400. The zero-order chi connectivity index (χ0) is 29.6. The van der Waals surface area contributed by atoms with E-state index in [2.05, 4.69) is 5.32 Å². The number of amides is 2. The van der Waals surface area contributed by atoms with Gasteiger partial charge in [-0.2, -0.15) is 0 Å². The summed E-state index contributed by atoms with van der Waals surface area (Å²) < 4.78 is 17.5. The van der Waals surface area contributed by atoms with Crippen LogP contribution in [0.2, 0.25) is 0 Å². The molecule has 0 radical (unpaired) electrons. The second kappa shape index (κ2) is 14.1. The zero-order valence-electron chi connectivity index (χ0n) is 24.0. The van der Waals surface area contributed by atoms with Gasteiger partial charge in [0.2, 0.25) is 5.91 Å². The van der Waals surface area contributed by atoms with Gasteiger partial charge >= 0.3 is 5.97 Å². The molecule has 0 unspecified atom stereocenters. The topological polar surface area (TPSA) is 94.2 Å². The Balaban J connectivity index is 1.22. The summed E-state index contributed by atoms with van der Waals surface area (Å²) in [5.74, 6) is 0.407. The molecule has 2 heterocycles. The number of ether oxygens (including phenoxy) is 3. The van der Waals surface area contributed by atoms with Crippen LogP contribution in [-0.2, 0) is 27.2 Å². The fourth-order valence-corrected chi connectivity index (χ4v) is 8.16. The number of methoxy groups -OCH3 is 1. The highest BCUT2D eigenvalue weighted by molar-refractivity contribution is 8.26. The average molecular weight is 629 g/mol. The van der Waals surface area contributed by atoms with Crippen molar-refractivity contribution in [2.75, 3.05) is 25.6 Å². The lowest BCUT2D eigenvalue weighted by Crippen LogP contribution is -2.31. The lowest BCUT2D eigenvalue weighted by atomic mass is 9.95. The first-order chi connectivity index (χ1) is 20.4. The van der Waals surface area contributed by atoms with Crippen LogP contribution in [0.25, 0.3) is 6.08 Å². The van der Waals surface area contributed by atoms with E-state index >= 15 is 0 Å². The van der Waals surface area contributed by atoms with E-state index in [0.29, 0.717) is 31.3 Å². The van der Waals surface area contributed by atoms with Crippen LogP contribution >= 0.6 is 35.3 Å². The summed E-state index contributed by atoms with van der Waals surface area (Å²) in [7, 11) is 1.61. The van der Waals surface area contributed by atoms with Crippen LogP contribution in [0, 0.1) is 0 Å². The number of thiocarbonyl (C=S) groups is 1. The summed E-state index contributed by atoms with van der Waals surface area (Å²) in [6, 6.07) is 5.65. The number of thioether (sulfide) groups is 1. The van der Waals surface area contributed by atoms with Crippen molar-refractivity contribution >= 4 is 68.5 Å². The first kappa shape index (κ1) is 30.6. The number of nitrogens with zero attached hydrogens (tertiary/aromatic N) is 1. The Morgan fingerprint density at radius 2 is 1.90 bits per heavy atom. The molecule has 2 amide bonds. The smallest absolute Gasteiger partial charge is 0.341 e. The van der Waals surface area contributed by atoms with Crippen molar-refractivity contribution in [2.24, 2.45) is 0 Å². The molecule has 2 fully saturated rings. The number of benzene rings is 1. The van der Waals surface area contributed by atoms with E-state index in [1.54, 1.807) is 20.1 Å². The Morgan fingerprint density at radius 1 is 1.12 bits per heavy atom. The van der Waals surface area contributed by atoms with Gasteiger partial charge in [0.25, 0.3) is 5.91 Å². The molecule has 1 aromatic heterocycles. The number of thiophene rings is 1. The molecule has 5 rings (SSSR count). The number of rotatable bonds is 10. The Hall–Kier alpha value is -2.89. The molecule has 1 N–H and O–H groups in total. The van der Waals surface area contributed by atoms with Crippen molar-refractivity contribution in [3.8, 4) is 11.5 Å². The van der Waals surface area contributed by atoms with Crippen LogP contribution in [-0.4, -0.2) is 53.4 Å². The second-order valence-corrected chi connectivity index (χ2v) is 13.3. The fourth-order valence-electron chi connectivity index (χ4n) is 5.55. The molecule has 2 aliphatic carbocycles. The lowest BCUT2D eigenvalue weighted by Gasteiger charge is -2.24. The van der Waals surface area contributed by atoms with E-state index in [1.165, 1.54) is 47.3 Å². The molecular weight excluding hydrogens is 593 g/mol. The number of carbonyl (C=O) groups is 3. The van der Waals surface area contributed by atoms with E-state index in [-0.39, 0.29) is 37.5 Å². The predicted molar refractivity (Wildman–Crippen MR) is 171 cm³/mol. The summed E-state index contributed by atoms with van der Waals surface area (Å²) in [6.07, 6.45) is 11.5. The molecule has 1 saturated heterocycles. The van der Waals surface area contributed by atoms with Crippen molar-refractivity contribution in [3.63, 3.8) is 0 Å². The third kappa shape index (κ3) is 7.01. The SMILES string of the molecule is CCOC(=O)c1c(NC(=O)CCN2C(=O)/C(=C/c3ccc(OC4CCCCC4)c(OC)c3)SC2=S)sc2c1CCCC2. The van der Waals surface area contributed by atoms with Crippen molar-refractivity contribution in [2.45, 2.75) is 77.2 Å². The van der Waals surface area contributed by atoms with Crippen LogP contribution in [0.3, 0.4) is 0 Å². The van der Waals surface area contributed by atoms with Gasteiger partial charge in [0.1, 0.15) is 9.32 Å². The predicted octanol–water partition coefficient (Wildman–Crippen LogP) is 6.75. The number of aryl methyl sites for hydroxylation is 1. The molecule has 0 spiro atoms. The van der Waals surface area contributed by atoms with Crippen LogP contribution in [0.1, 0.15) is 84.7 Å². The third-order valence-corrected chi connectivity index (χ3v) is 10.3. The van der Waals surface area contributed by atoms with Gasteiger partial charge in [0.15, 0.2) is 11.5 Å². The number of hydrogen-bond donors (Lipinski definition) is 1. The third-order valence-electron chi connectivity index (χ3n) is 7.67. The van der Waals surface area contributed by atoms with Crippen LogP contribution in [0.4, 0.5) is 5.00 Å². The van der Waals surface area contributed by atoms with Gasteiger partial charge in [0, 0.05) is 17.8 Å². The van der Waals surface area contributed by atoms with Gasteiger partial charge in [0.05, 0.1) is 30.3 Å². The molecule has 224 valence electrons. The van der Waals surface area contributed by atoms with Gasteiger partial charge in [-0.3, -0.25) is 14.5 Å². The van der Waals surface area contributed by atoms with Crippen molar-refractivity contribution < 1.29 is 28.6 Å². The summed E-state index contributed by atoms with van der Waals surface area (Å²) >= 11 is 8.15. The normalized spacial score (nSPS) is 18.2. The highest BCUT2D eigenvalue weighted by Gasteiger charge is 2.33. The molecule has 3 aliphatic rings. The summed E-state index contributed by atoms with van der Waals surface area (Å²) in [5.41, 5.74) is 2.27. The molecule has 1 aliphatic heterocycles. The van der Waals surface area contributed by atoms with Crippen LogP contribution in [0.5, 0.6) is 11.5 Å². The molecule has 1 aromatic carbocycles. The highest BCUT2D eigenvalue weighted by atomic mass is 32.2. The first-order valence-corrected chi connectivity index (χ1v) is 16.6. The molecule has 42 heavy (non-hydrogen) atoms. The molecule has 11 heteroatoms. The van der Waals surface area contributed by atoms with Crippen molar-refractivity contribution in [3.05, 3.63) is 44.7 Å². The highest BCUT2D eigenvalue weighted by Crippen LogP contribution is 2.39. The Kier molecular flexibility index (Phi) is 10.2. The second-order valence-electron chi connectivity index (χ2n) is 10.6. The van der Waals surface area contributed by atoms with Crippen LogP contribution in [0.15, 0.2) is 23.1 Å². The maximum atomic E-state index is 13.2. The first-order valence-electron chi connectivity index (χ1n) is 14.6. The maximum Gasteiger partial charge on any atom is 0.341 e.